The van der Waals surface area contributed by atoms with Gasteiger partial charge < -0.3 is 15.7 Å². The number of carbonyl (C=O) groups is 3. The fourth-order valence-electron chi connectivity index (χ4n) is 6.29. The van der Waals surface area contributed by atoms with Crippen LogP contribution in [0, 0.1) is 0 Å². The Labute approximate surface area is 284 Å². The van der Waals surface area contributed by atoms with Crippen molar-refractivity contribution in [3.8, 4) is 0 Å². The lowest BCUT2D eigenvalue weighted by Crippen LogP contribution is -2.48. The van der Waals surface area contributed by atoms with Crippen LogP contribution in [0.1, 0.15) is 44.2 Å². The molecule has 2 amide bonds. The summed E-state index contributed by atoms with van der Waals surface area (Å²) < 4.78 is 17.6. The Kier molecular flexibility index (Phi) is 9.25. The van der Waals surface area contributed by atoms with Gasteiger partial charge in [-0.1, -0.05) is 47.5 Å². The fourth-order valence-corrected chi connectivity index (χ4v) is 8.35. The summed E-state index contributed by atoms with van der Waals surface area (Å²) in [5.74, 6) is -1.49. The zero-order valence-electron chi connectivity index (χ0n) is 25.7. The van der Waals surface area contributed by atoms with Gasteiger partial charge in [0.1, 0.15) is 34.3 Å². The summed E-state index contributed by atoms with van der Waals surface area (Å²) in [6, 6.07) is 11.3. The number of anilines is 2. The van der Waals surface area contributed by atoms with Crippen molar-refractivity contribution in [2.24, 2.45) is 4.99 Å². The van der Waals surface area contributed by atoms with Crippen LogP contribution >= 0.6 is 23.2 Å². The van der Waals surface area contributed by atoms with E-state index in [4.69, 9.17) is 28.3 Å². The van der Waals surface area contributed by atoms with E-state index in [0.29, 0.717) is 41.8 Å². The van der Waals surface area contributed by atoms with Crippen LogP contribution in [-0.2, 0) is 37.3 Å². The van der Waals surface area contributed by atoms with Crippen LogP contribution in [0.25, 0.3) is 5.57 Å². The van der Waals surface area contributed by atoms with Crippen LogP contribution in [0.2, 0.25) is 10.0 Å². The first-order valence-corrected chi connectivity index (χ1v) is 16.9. The van der Waals surface area contributed by atoms with Crippen molar-refractivity contribution >= 4 is 75.4 Å². The van der Waals surface area contributed by atoms with Crippen LogP contribution in [0.5, 0.6) is 0 Å². The molecule has 0 saturated carbocycles. The predicted molar refractivity (Wildman–Crippen MR) is 180 cm³/mol. The number of amides is 2. The molecule has 4 atom stereocenters. The normalized spacial score (nSPS) is 22.0. The molecular formula is C32H33Cl2N7O5S. The maximum atomic E-state index is 14.5. The fraction of sp³-hybridized carbons (Fsp3) is 0.344. The number of hydrogen-bond donors (Lipinski definition) is 3. The largest absolute Gasteiger partial charge is 0.481 e. The Morgan fingerprint density at radius 2 is 1.91 bits per heavy atom. The van der Waals surface area contributed by atoms with Gasteiger partial charge >= 0.3 is 5.97 Å². The average molecular weight is 699 g/mol. The highest BCUT2D eigenvalue weighted by molar-refractivity contribution is 7.82. The minimum absolute atomic E-state index is 0.232. The van der Waals surface area contributed by atoms with Gasteiger partial charge in [-0.3, -0.25) is 23.9 Å². The van der Waals surface area contributed by atoms with Gasteiger partial charge in [0, 0.05) is 47.0 Å². The van der Waals surface area contributed by atoms with Gasteiger partial charge in [0.05, 0.1) is 18.3 Å². The first-order chi connectivity index (χ1) is 22.5. The van der Waals surface area contributed by atoms with Crippen LogP contribution < -0.4 is 15.5 Å². The van der Waals surface area contributed by atoms with Gasteiger partial charge in [0.15, 0.2) is 0 Å². The number of halogens is 2. The molecule has 15 heteroatoms. The number of rotatable bonds is 10. The summed E-state index contributed by atoms with van der Waals surface area (Å²) in [5, 5.41) is 15.9. The SMILES string of the molecule is CC(CC(=O)O)NC(=O)[C@@H]1CCCN1S(=O)c1cnc2n1[C@](C)(Cc1ccc(C3=CNCN=C3)cc1)C(=O)N2c1cc(Cl)cc(Cl)c1. The Morgan fingerprint density at radius 1 is 1.19 bits per heavy atom. The maximum absolute atomic E-state index is 14.5. The molecule has 246 valence electrons. The molecule has 1 saturated heterocycles. The minimum Gasteiger partial charge on any atom is -0.481 e. The first-order valence-electron chi connectivity index (χ1n) is 15.1. The molecule has 1 fully saturated rings. The van der Waals surface area contributed by atoms with E-state index < -0.39 is 40.5 Å². The zero-order valence-corrected chi connectivity index (χ0v) is 28.0. The Hall–Kier alpha value is -4.04. The van der Waals surface area contributed by atoms with Crippen molar-refractivity contribution < 1.29 is 23.7 Å². The molecule has 3 aliphatic rings. The number of nitrogens with one attached hydrogen (secondary N) is 2. The van der Waals surface area contributed by atoms with Crippen LogP contribution in [0.3, 0.4) is 0 Å². The maximum Gasteiger partial charge on any atom is 0.305 e. The Morgan fingerprint density at radius 3 is 2.57 bits per heavy atom. The third-order valence-corrected chi connectivity index (χ3v) is 10.4. The molecule has 0 bridgehead atoms. The molecule has 3 aliphatic heterocycles. The first kappa shape index (κ1) is 32.9. The smallest absolute Gasteiger partial charge is 0.305 e. The van der Waals surface area contributed by atoms with E-state index in [1.54, 1.807) is 47.1 Å². The summed E-state index contributed by atoms with van der Waals surface area (Å²) in [4.78, 5) is 49.1. The van der Waals surface area contributed by atoms with E-state index in [9.17, 15) is 18.6 Å². The van der Waals surface area contributed by atoms with Gasteiger partial charge in [-0.25, -0.2) is 18.4 Å². The third kappa shape index (κ3) is 6.45. The summed E-state index contributed by atoms with van der Waals surface area (Å²) >= 11 is 12.7. The number of benzene rings is 2. The van der Waals surface area contributed by atoms with Crippen molar-refractivity contribution in [2.75, 3.05) is 18.1 Å². The summed E-state index contributed by atoms with van der Waals surface area (Å²) in [7, 11) is -1.90. The van der Waals surface area contributed by atoms with Gasteiger partial charge in [0.2, 0.25) is 11.9 Å². The number of fused-ring (bicyclic) bond motifs is 1. The second-order valence-corrected chi connectivity index (χ2v) is 14.2. The Bertz CT molecular complexity index is 1810. The summed E-state index contributed by atoms with van der Waals surface area (Å²) in [6.07, 6.45) is 6.25. The predicted octanol–water partition coefficient (Wildman–Crippen LogP) is 4.26. The van der Waals surface area contributed by atoms with Gasteiger partial charge in [-0.2, -0.15) is 0 Å². The van der Waals surface area contributed by atoms with Crippen LogP contribution in [0.4, 0.5) is 11.6 Å². The number of aliphatic carboxylic acids is 1. The number of carbonyl (C=O) groups excluding carboxylic acids is 2. The number of carboxylic acid groups (broad SMARTS) is 1. The highest BCUT2D eigenvalue weighted by Gasteiger charge is 2.52. The number of aliphatic imine (C=N–C) groups is 1. The van der Waals surface area contributed by atoms with Gasteiger partial charge in [-0.05, 0) is 56.0 Å². The number of allylic oxidation sites excluding steroid dienone is 1. The second kappa shape index (κ2) is 13.2. The molecule has 3 N–H and O–H groups in total. The van der Waals surface area contributed by atoms with Gasteiger partial charge in [0.25, 0.3) is 5.91 Å². The number of aromatic nitrogens is 2. The average Bonchev–Trinajstić information content (AvgIpc) is 3.73. The lowest BCUT2D eigenvalue weighted by molar-refractivity contribution is -0.137. The molecule has 2 aromatic carbocycles. The van der Waals surface area contributed by atoms with Gasteiger partial charge in [-0.15, -0.1) is 0 Å². The quantitative estimate of drug-likeness (QED) is 0.287. The number of imidazole rings is 1. The van der Waals surface area contributed by atoms with Crippen molar-refractivity contribution in [3.05, 3.63) is 76.0 Å². The van der Waals surface area contributed by atoms with E-state index in [1.165, 1.54) is 11.1 Å². The molecule has 0 spiro atoms. The lowest BCUT2D eigenvalue weighted by atomic mass is 9.91. The molecule has 2 unspecified atom stereocenters. The molecule has 12 nitrogen and oxygen atoms in total. The van der Waals surface area contributed by atoms with Crippen LogP contribution in [-0.4, -0.2) is 72.5 Å². The molecule has 0 radical (unpaired) electrons. The Balaban J connectivity index is 1.36. The molecule has 4 heterocycles. The van der Waals surface area contributed by atoms with Crippen molar-refractivity contribution in [3.63, 3.8) is 0 Å². The van der Waals surface area contributed by atoms with E-state index in [-0.39, 0.29) is 29.7 Å². The minimum atomic E-state index is -1.90. The molecular weight excluding hydrogens is 665 g/mol. The van der Waals surface area contributed by atoms with Crippen molar-refractivity contribution in [2.45, 2.75) is 62.2 Å². The van der Waals surface area contributed by atoms with Crippen molar-refractivity contribution in [1.82, 2.24) is 24.5 Å². The van der Waals surface area contributed by atoms with E-state index in [2.05, 4.69) is 20.6 Å². The topological polar surface area (TPSA) is 149 Å². The number of carboxylic acids is 1. The lowest BCUT2D eigenvalue weighted by Gasteiger charge is -2.29. The number of hydrogen-bond acceptors (Lipinski definition) is 7. The highest BCUT2D eigenvalue weighted by atomic mass is 35.5. The standard InChI is InChI=1S/C32H33Cl2N7O5S/c1-19(10-28(42)43)38-29(44)26-4-3-9-39(26)47(46)27-17-37-31-40(25-12-23(33)11-24(34)13-25)30(45)32(2,41(27)31)14-20-5-7-21(8-6-20)22-15-35-18-36-16-22/h5-8,11-13,15-17,19,26,35H,3-4,9-10,14,18H2,1-2H3,(H,38,44)(H,42,43)/t19?,26-,32+,47?/m0/s1. The second-order valence-electron chi connectivity index (χ2n) is 12.0. The summed E-state index contributed by atoms with van der Waals surface area (Å²) in [6.45, 7) is 4.29. The van der Waals surface area contributed by atoms with Crippen molar-refractivity contribution in [1.29, 1.82) is 0 Å². The highest BCUT2D eigenvalue weighted by Crippen LogP contribution is 2.44. The summed E-state index contributed by atoms with van der Waals surface area (Å²) in [5.41, 5.74) is 1.90. The third-order valence-electron chi connectivity index (χ3n) is 8.45. The molecule has 47 heavy (non-hydrogen) atoms. The van der Waals surface area contributed by atoms with E-state index in [0.717, 1.165) is 16.7 Å². The molecule has 3 aromatic rings. The molecule has 1 aromatic heterocycles. The molecule has 0 aliphatic carbocycles. The monoisotopic (exact) mass is 697 g/mol. The van der Waals surface area contributed by atoms with E-state index in [1.807, 2.05) is 30.5 Å². The zero-order chi connectivity index (χ0) is 33.5. The van der Waals surface area contributed by atoms with E-state index >= 15 is 0 Å². The molecule has 6 rings (SSSR count). The number of nitrogens with zero attached hydrogens (tertiary/aromatic N) is 5. The van der Waals surface area contributed by atoms with Crippen LogP contribution in [0.15, 0.2) is 64.9 Å².